The van der Waals surface area contributed by atoms with Gasteiger partial charge in [-0.15, -0.1) is 5.06 Å². The van der Waals surface area contributed by atoms with Crippen molar-refractivity contribution in [1.29, 1.82) is 0 Å². The van der Waals surface area contributed by atoms with Crippen LogP contribution < -0.4 is 0 Å². The lowest BCUT2D eigenvalue weighted by molar-refractivity contribution is -0.259. The second kappa shape index (κ2) is 2.57. The normalized spacial score (nSPS) is 28.2. The summed E-state index contributed by atoms with van der Waals surface area (Å²) in [6.45, 7) is 0. The largest absolute Gasteiger partial charge is 0.505 e. The van der Waals surface area contributed by atoms with Crippen molar-refractivity contribution in [3.8, 4) is 0 Å². The van der Waals surface area contributed by atoms with Crippen LogP contribution in [-0.4, -0.2) is 53.6 Å². The molecule has 6 N–H and O–H groups in total. The molecule has 0 aromatic carbocycles. The molecule has 1 atom stereocenters. The van der Waals surface area contributed by atoms with Crippen molar-refractivity contribution in [2.45, 2.75) is 11.9 Å². The number of aliphatic hydroxyl groups is 5. The number of hydrogen-bond donors (Lipinski definition) is 6. The van der Waals surface area contributed by atoms with Gasteiger partial charge < -0.3 is 25.5 Å². The van der Waals surface area contributed by atoms with Crippen LogP contribution in [0.4, 0.5) is 0 Å². The van der Waals surface area contributed by atoms with Crippen LogP contribution in [0, 0.1) is 0 Å². The van der Waals surface area contributed by atoms with Crippen molar-refractivity contribution in [2.24, 2.45) is 0 Å². The van der Waals surface area contributed by atoms with E-state index in [4.69, 9.17) is 30.7 Å². The molecular weight excluding hydrogens is 186 g/mol. The Morgan fingerprint density at radius 1 is 1.31 bits per heavy atom. The van der Waals surface area contributed by atoms with E-state index in [0.717, 1.165) is 0 Å². The van der Waals surface area contributed by atoms with Crippen LogP contribution in [0.5, 0.6) is 0 Å². The first-order valence-electron chi connectivity index (χ1n) is 3.08. The molecule has 0 bridgehead atoms. The average Bonchev–Trinajstić information content (AvgIpc) is 2.09. The summed E-state index contributed by atoms with van der Waals surface area (Å²) in [6.07, 6.45) is -2.40. The molecule has 1 amide bonds. The molecule has 1 aliphatic rings. The summed E-state index contributed by atoms with van der Waals surface area (Å²) in [5.74, 6) is -7.79. The molecule has 13 heavy (non-hydrogen) atoms. The molecule has 1 unspecified atom stereocenters. The molecule has 1 rings (SSSR count). The average molecular weight is 193 g/mol. The molecule has 8 heteroatoms. The van der Waals surface area contributed by atoms with E-state index in [0.29, 0.717) is 0 Å². The minimum Gasteiger partial charge on any atom is -0.505 e. The van der Waals surface area contributed by atoms with Gasteiger partial charge in [0.25, 0.3) is 11.7 Å². The standard InChI is InChI=1S/C5H7NO7/c7-1-2(8)5(11,12)4(10)6(13)3(1)9/h2,7-9,11-13H. The van der Waals surface area contributed by atoms with Crippen LogP contribution in [0.25, 0.3) is 0 Å². The number of rotatable bonds is 0. The van der Waals surface area contributed by atoms with Gasteiger partial charge in [0.2, 0.25) is 0 Å². The SMILES string of the molecule is O=C1N(O)C(O)=C(O)C(O)C1(O)O. The number of hydrogen-bond acceptors (Lipinski definition) is 7. The summed E-state index contributed by atoms with van der Waals surface area (Å²) >= 11 is 0. The fourth-order valence-electron chi connectivity index (χ4n) is 0.790. The van der Waals surface area contributed by atoms with Crippen LogP contribution in [0.2, 0.25) is 0 Å². The van der Waals surface area contributed by atoms with Crippen molar-refractivity contribution in [3.63, 3.8) is 0 Å². The number of hydroxylamine groups is 2. The lowest BCUT2D eigenvalue weighted by atomic mass is 10.0. The highest BCUT2D eigenvalue weighted by molar-refractivity contribution is 5.85. The van der Waals surface area contributed by atoms with Gasteiger partial charge in [0.05, 0.1) is 0 Å². The Morgan fingerprint density at radius 2 is 1.77 bits per heavy atom. The lowest BCUT2D eigenvalue weighted by Gasteiger charge is -2.32. The second-order valence-corrected chi connectivity index (χ2v) is 2.45. The van der Waals surface area contributed by atoms with Crippen molar-refractivity contribution in [2.75, 3.05) is 0 Å². The zero-order valence-corrected chi connectivity index (χ0v) is 6.12. The van der Waals surface area contributed by atoms with Crippen LogP contribution in [0.15, 0.2) is 11.6 Å². The molecular formula is C5H7NO7. The van der Waals surface area contributed by atoms with Gasteiger partial charge in [-0.25, -0.2) is 0 Å². The minimum atomic E-state index is -3.36. The molecule has 0 spiro atoms. The summed E-state index contributed by atoms with van der Waals surface area (Å²) in [5.41, 5.74) is 0. The molecule has 1 aliphatic heterocycles. The van der Waals surface area contributed by atoms with Gasteiger partial charge in [0, 0.05) is 0 Å². The highest BCUT2D eigenvalue weighted by Gasteiger charge is 2.53. The monoisotopic (exact) mass is 193 g/mol. The maximum atomic E-state index is 10.7. The summed E-state index contributed by atoms with van der Waals surface area (Å²) in [7, 11) is 0. The van der Waals surface area contributed by atoms with E-state index >= 15 is 0 Å². The Kier molecular flexibility index (Phi) is 1.92. The molecule has 0 aliphatic carbocycles. The summed E-state index contributed by atoms with van der Waals surface area (Å²) in [5, 5.41) is 52.0. The third-order valence-electron chi connectivity index (χ3n) is 1.58. The van der Waals surface area contributed by atoms with Crippen molar-refractivity contribution < 1.29 is 35.5 Å². The molecule has 0 aromatic heterocycles. The third kappa shape index (κ3) is 1.12. The Balaban J connectivity index is 3.23. The van der Waals surface area contributed by atoms with Gasteiger partial charge in [-0.05, 0) is 0 Å². The highest BCUT2D eigenvalue weighted by atomic mass is 16.6. The van der Waals surface area contributed by atoms with E-state index in [9.17, 15) is 4.79 Å². The summed E-state index contributed by atoms with van der Waals surface area (Å²) < 4.78 is 0. The molecule has 0 saturated carbocycles. The van der Waals surface area contributed by atoms with Crippen LogP contribution in [0.3, 0.4) is 0 Å². The molecule has 0 saturated heterocycles. The van der Waals surface area contributed by atoms with E-state index in [1.807, 2.05) is 0 Å². The fourth-order valence-corrected chi connectivity index (χ4v) is 0.790. The predicted molar refractivity (Wildman–Crippen MR) is 34.1 cm³/mol. The Hall–Kier alpha value is -1.35. The van der Waals surface area contributed by atoms with E-state index in [1.54, 1.807) is 0 Å². The fraction of sp³-hybridized carbons (Fsp3) is 0.400. The van der Waals surface area contributed by atoms with Crippen LogP contribution >= 0.6 is 0 Å². The van der Waals surface area contributed by atoms with Crippen molar-refractivity contribution in [3.05, 3.63) is 11.6 Å². The maximum absolute atomic E-state index is 10.7. The van der Waals surface area contributed by atoms with Gasteiger partial charge in [-0.2, -0.15) is 0 Å². The second-order valence-electron chi connectivity index (χ2n) is 2.45. The first-order chi connectivity index (χ1) is 5.80. The van der Waals surface area contributed by atoms with Gasteiger partial charge >= 0.3 is 5.91 Å². The van der Waals surface area contributed by atoms with Gasteiger partial charge in [0.1, 0.15) is 0 Å². The number of amides is 1. The Morgan fingerprint density at radius 3 is 2.23 bits per heavy atom. The number of aliphatic hydroxyl groups excluding tert-OH is 3. The zero-order valence-electron chi connectivity index (χ0n) is 6.12. The van der Waals surface area contributed by atoms with E-state index in [2.05, 4.69) is 0 Å². The quantitative estimate of drug-likeness (QED) is 0.185. The molecule has 8 nitrogen and oxygen atoms in total. The third-order valence-corrected chi connectivity index (χ3v) is 1.58. The number of carbonyl (C=O) groups excluding carboxylic acids is 1. The summed E-state index contributed by atoms with van der Waals surface area (Å²) in [6, 6.07) is 0. The first kappa shape index (κ1) is 9.74. The number of nitrogens with zero attached hydrogens (tertiary/aromatic N) is 1. The lowest BCUT2D eigenvalue weighted by Crippen LogP contribution is -2.59. The van der Waals surface area contributed by atoms with E-state index in [1.165, 1.54) is 0 Å². The summed E-state index contributed by atoms with van der Waals surface area (Å²) in [4.78, 5) is 10.7. The molecule has 0 aromatic rings. The van der Waals surface area contributed by atoms with Gasteiger partial charge in [-0.3, -0.25) is 10.0 Å². The van der Waals surface area contributed by atoms with Crippen LogP contribution in [-0.2, 0) is 4.79 Å². The predicted octanol–water partition coefficient (Wildman–Crippen LogP) is -2.46. The van der Waals surface area contributed by atoms with Crippen LogP contribution in [0.1, 0.15) is 0 Å². The minimum absolute atomic E-state index is 0.581. The van der Waals surface area contributed by atoms with Crippen molar-refractivity contribution >= 4 is 5.91 Å². The first-order valence-corrected chi connectivity index (χ1v) is 3.08. The molecule has 1 heterocycles. The molecule has 0 radical (unpaired) electrons. The number of carbonyl (C=O) groups is 1. The van der Waals surface area contributed by atoms with Gasteiger partial charge in [0.15, 0.2) is 11.9 Å². The maximum Gasteiger partial charge on any atom is 0.316 e. The van der Waals surface area contributed by atoms with Gasteiger partial charge in [-0.1, -0.05) is 0 Å². The molecule has 0 fully saturated rings. The van der Waals surface area contributed by atoms with E-state index < -0.39 is 34.5 Å². The highest BCUT2D eigenvalue weighted by Crippen LogP contribution is 2.24. The van der Waals surface area contributed by atoms with E-state index in [-0.39, 0.29) is 0 Å². The topological polar surface area (TPSA) is 142 Å². The Labute approximate surface area is 71.1 Å². The zero-order chi connectivity index (χ0) is 10.4. The van der Waals surface area contributed by atoms with Crippen molar-refractivity contribution in [1.82, 2.24) is 5.06 Å². The molecule has 74 valence electrons. The smallest absolute Gasteiger partial charge is 0.316 e. The Bertz CT molecular complexity index is 283.